The highest BCUT2D eigenvalue weighted by atomic mass is 32.2. The molecule has 0 unspecified atom stereocenters. The Labute approximate surface area is 281 Å². The molecule has 3 aromatic rings. The van der Waals surface area contributed by atoms with Crippen LogP contribution in [0.3, 0.4) is 0 Å². The van der Waals surface area contributed by atoms with E-state index in [2.05, 4.69) is 10.3 Å². The van der Waals surface area contributed by atoms with Gasteiger partial charge in [0.05, 0.1) is 40.0 Å². The SMILES string of the molecule is Cc1nc(CN2CCN([C@H](C(=O)N[C@@H](Cc3ccccc3)[C@@H](O)CN(CC(C)C)S(=O)(=O)c3ccc(N)c(O)c3)C(C)C)C2=O)cs1. The standard InChI is InChI=1S/C33H46N6O6S2/c1-21(2)17-38(47(44,45)26-11-12-27(34)29(40)16-26)19-30(41)28(15-24-9-7-6-8-10-24)36-32(42)31(22(3)4)39-14-13-37(33(39)43)18-25-20-46-23(5)35-25/h6-12,16,20-22,28,30-31,40-41H,13-15,17-19,34H2,1-5H3,(H,36,42)/t28-,30-,31-/m0/s1. The second-order valence-corrected chi connectivity index (χ2v) is 15.8. The summed E-state index contributed by atoms with van der Waals surface area (Å²) >= 11 is 1.52. The lowest BCUT2D eigenvalue weighted by molar-refractivity contribution is -0.128. The number of nitrogens with two attached hydrogens (primary N) is 1. The van der Waals surface area contributed by atoms with Gasteiger partial charge >= 0.3 is 6.03 Å². The molecule has 256 valence electrons. The number of hydrogen-bond acceptors (Lipinski definition) is 9. The first kappa shape index (κ1) is 36.1. The molecule has 3 atom stereocenters. The van der Waals surface area contributed by atoms with Crippen molar-refractivity contribution in [3.63, 3.8) is 0 Å². The zero-order valence-electron chi connectivity index (χ0n) is 27.5. The van der Waals surface area contributed by atoms with Crippen LogP contribution in [0.25, 0.3) is 0 Å². The highest BCUT2D eigenvalue weighted by Gasteiger charge is 2.40. The molecule has 3 amide bonds. The third-order valence-electron chi connectivity index (χ3n) is 8.07. The van der Waals surface area contributed by atoms with Gasteiger partial charge in [0.25, 0.3) is 0 Å². The molecule has 2 aromatic carbocycles. The molecule has 1 aliphatic rings. The van der Waals surface area contributed by atoms with E-state index in [0.717, 1.165) is 22.3 Å². The molecule has 0 saturated carbocycles. The number of hydrogen-bond donors (Lipinski definition) is 4. The number of aliphatic hydroxyl groups excluding tert-OH is 1. The van der Waals surface area contributed by atoms with Gasteiger partial charge in [0.2, 0.25) is 15.9 Å². The Bertz CT molecular complexity index is 1630. The van der Waals surface area contributed by atoms with Crippen molar-refractivity contribution in [2.24, 2.45) is 11.8 Å². The number of aliphatic hydroxyl groups is 1. The molecular weight excluding hydrogens is 641 g/mol. The van der Waals surface area contributed by atoms with Gasteiger partial charge in [-0.25, -0.2) is 18.2 Å². The highest BCUT2D eigenvalue weighted by Crippen LogP contribution is 2.27. The Hall–Kier alpha value is -3.72. The van der Waals surface area contributed by atoms with E-state index in [-0.39, 0.29) is 53.7 Å². The molecule has 1 fully saturated rings. The van der Waals surface area contributed by atoms with Crippen molar-refractivity contribution in [2.45, 2.75) is 70.7 Å². The summed E-state index contributed by atoms with van der Waals surface area (Å²) in [6, 6.07) is 11.1. The second kappa shape index (κ2) is 15.5. The summed E-state index contributed by atoms with van der Waals surface area (Å²) in [6.07, 6.45) is -1.10. The average molecular weight is 687 g/mol. The number of carbonyl (C=O) groups excluding carboxylic acids is 2. The third-order valence-corrected chi connectivity index (χ3v) is 10.7. The molecule has 0 spiro atoms. The number of rotatable bonds is 15. The molecule has 1 saturated heterocycles. The Morgan fingerprint density at radius 2 is 1.81 bits per heavy atom. The van der Waals surface area contributed by atoms with E-state index >= 15 is 0 Å². The fourth-order valence-corrected chi connectivity index (χ4v) is 8.00. The van der Waals surface area contributed by atoms with Gasteiger partial charge in [-0.2, -0.15) is 4.31 Å². The number of anilines is 1. The summed E-state index contributed by atoms with van der Waals surface area (Å²) in [5.41, 5.74) is 7.38. The number of amides is 3. The third kappa shape index (κ3) is 9.01. The number of nitrogen functional groups attached to an aromatic ring is 1. The van der Waals surface area contributed by atoms with Crippen molar-refractivity contribution in [2.75, 3.05) is 31.9 Å². The minimum Gasteiger partial charge on any atom is -0.506 e. The van der Waals surface area contributed by atoms with Crippen LogP contribution in [0.15, 0.2) is 58.8 Å². The fraction of sp³-hybridized carbons (Fsp3) is 0.485. The van der Waals surface area contributed by atoms with Gasteiger partial charge in [0, 0.05) is 37.6 Å². The molecular formula is C33H46N6O6S2. The Morgan fingerprint density at radius 1 is 1.11 bits per heavy atom. The minimum atomic E-state index is -4.16. The predicted molar refractivity (Wildman–Crippen MR) is 182 cm³/mol. The van der Waals surface area contributed by atoms with Crippen LogP contribution in [0.2, 0.25) is 0 Å². The number of carbonyl (C=O) groups is 2. The van der Waals surface area contributed by atoms with Crippen molar-refractivity contribution in [3.05, 3.63) is 70.2 Å². The average Bonchev–Trinajstić information content (AvgIpc) is 3.58. The van der Waals surface area contributed by atoms with E-state index in [1.165, 1.54) is 27.8 Å². The van der Waals surface area contributed by atoms with Crippen molar-refractivity contribution in [1.29, 1.82) is 0 Å². The van der Waals surface area contributed by atoms with Gasteiger partial charge in [0.15, 0.2) is 0 Å². The van der Waals surface area contributed by atoms with Crippen LogP contribution >= 0.6 is 11.3 Å². The summed E-state index contributed by atoms with van der Waals surface area (Å²) < 4.78 is 28.7. The summed E-state index contributed by atoms with van der Waals surface area (Å²) in [4.78, 5) is 35.1. The smallest absolute Gasteiger partial charge is 0.321 e. The summed E-state index contributed by atoms with van der Waals surface area (Å²) in [7, 11) is -4.16. The van der Waals surface area contributed by atoms with Gasteiger partial charge in [-0.05, 0) is 42.9 Å². The molecule has 4 rings (SSSR count). The van der Waals surface area contributed by atoms with Gasteiger partial charge in [-0.1, -0.05) is 58.0 Å². The van der Waals surface area contributed by atoms with E-state index < -0.39 is 34.1 Å². The van der Waals surface area contributed by atoms with E-state index in [9.17, 15) is 28.2 Å². The predicted octanol–water partition coefficient (Wildman–Crippen LogP) is 3.44. The van der Waals surface area contributed by atoms with Gasteiger partial charge in [-0.15, -0.1) is 11.3 Å². The first-order valence-electron chi connectivity index (χ1n) is 15.7. The largest absolute Gasteiger partial charge is 0.506 e. The number of benzene rings is 2. The fourth-order valence-electron chi connectivity index (χ4n) is 5.75. The van der Waals surface area contributed by atoms with Crippen LogP contribution in [0.5, 0.6) is 5.75 Å². The zero-order valence-corrected chi connectivity index (χ0v) is 29.2. The van der Waals surface area contributed by atoms with Crippen LogP contribution < -0.4 is 11.1 Å². The molecule has 47 heavy (non-hydrogen) atoms. The van der Waals surface area contributed by atoms with Crippen molar-refractivity contribution >= 4 is 39.0 Å². The lowest BCUT2D eigenvalue weighted by Crippen LogP contribution is -2.57. The second-order valence-electron chi connectivity index (χ2n) is 12.8. The van der Waals surface area contributed by atoms with Gasteiger partial charge in [-0.3, -0.25) is 4.79 Å². The molecule has 12 nitrogen and oxygen atoms in total. The number of phenolic OH excluding ortho intramolecular Hbond substituents is 1. The van der Waals surface area contributed by atoms with Crippen LogP contribution in [0.1, 0.15) is 44.0 Å². The first-order valence-corrected chi connectivity index (χ1v) is 18.1. The van der Waals surface area contributed by atoms with Gasteiger partial charge < -0.3 is 31.1 Å². The number of sulfonamides is 1. The number of aryl methyl sites for hydroxylation is 1. The van der Waals surface area contributed by atoms with Crippen LogP contribution in [0, 0.1) is 18.8 Å². The lowest BCUT2D eigenvalue weighted by Gasteiger charge is -2.34. The number of thiazole rings is 1. The van der Waals surface area contributed by atoms with Crippen molar-refractivity contribution in [3.8, 4) is 5.75 Å². The molecule has 0 aliphatic carbocycles. The molecule has 1 aliphatic heterocycles. The molecule has 0 radical (unpaired) electrons. The normalized spacial score (nSPS) is 15.9. The minimum absolute atomic E-state index is 0.0440. The maximum absolute atomic E-state index is 14.0. The Kier molecular flexibility index (Phi) is 11.9. The zero-order chi connectivity index (χ0) is 34.5. The molecule has 14 heteroatoms. The van der Waals surface area contributed by atoms with E-state index in [0.29, 0.717) is 19.6 Å². The number of nitrogens with zero attached hydrogens (tertiary/aromatic N) is 4. The quantitative estimate of drug-likeness (QED) is 0.139. The topological polar surface area (TPSA) is 169 Å². The maximum Gasteiger partial charge on any atom is 0.321 e. The van der Waals surface area contributed by atoms with Crippen molar-refractivity contribution in [1.82, 2.24) is 24.4 Å². The molecule has 1 aromatic heterocycles. The Morgan fingerprint density at radius 3 is 2.40 bits per heavy atom. The van der Waals surface area contributed by atoms with E-state index in [4.69, 9.17) is 5.73 Å². The maximum atomic E-state index is 14.0. The molecule has 5 N–H and O–H groups in total. The Balaban J connectivity index is 1.58. The van der Waals surface area contributed by atoms with Crippen LogP contribution in [-0.4, -0.2) is 94.0 Å². The monoisotopic (exact) mass is 686 g/mol. The van der Waals surface area contributed by atoms with Crippen molar-refractivity contribution < 1.29 is 28.2 Å². The molecule has 0 bridgehead atoms. The summed E-state index contributed by atoms with van der Waals surface area (Å²) in [5.74, 6) is -1.13. The van der Waals surface area contributed by atoms with Crippen LogP contribution in [0.4, 0.5) is 10.5 Å². The van der Waals surface area contributed by atoms with Gasteiger partial charge in [0.1, 0.15) is 11.8 Å². The first-order chi connectivity index (χ1) is 22.2. The summed E-state index contributed by atoms with van der Waals surface area (Å²) in [6.45, 7) is 10.3. The number of urea groups is 1. The summed E-state index contributed by atoms with van der Waals surface area (Å²) in [5, 5.41) is 27.6. The van der Waals surface area contributed by atoms with E-state index in [1.807, 2.05) is 70.3 Å². The number of aromatic nitrogens is 1. The number of aromatic hydroxyl groups is 1. The molecule has 2 heterocycles. The highest BCUT2D eigenvalue weighted by molar-refractivity contribution is 7.89. The number of nitrogens with one attached hydrogen (secondary N) is 1. The van der Waals surface area contributed by atoms with Crippen LogP contribution in [-0.2, 0) is 27.8 Å². The van der Waals surface area contributed by atoms with E-state index in [1.54, 1.807) is 9.80 Å². The number of phenols is 1. The lowest BCUT2D eigenvalue weighted by atomic mass is 9.97.